The van der Waals surface area contributed by atoms with Crippen LogP contribution >= 0.6 is 0 Å². The molecule has 0 aromatic rings. The normalized spacial score (nSPS) is 39.4. The molecule has 0 aliphatic heterocycles. The molecule has 0 spiro atoms. The maximum absolute atomic E-state index is 12.9. The Kier molecular flexibility index (Phi) is 3.44. The SMILES string of the molecule is C=C(C)CN(CC)C(=O)C1C2CC3CC(C2)CC1C3. The monoisotopic (exact) mass is 261 g/mol. The van der Waals surface area contributed by atoms with E-state index in [1.54, 1.807) is 0 Å². The van der Waals surface area contributed by atoms with Crippen molar-refractivity contribution in [2.45, 2.75) is 46.0 Å². The van der Waals surface area contributed by atoms with Crippen molar-refractivity contribution in [2.24, 2.45) is 29.6 Å². The van der Waals surface area contributed by atoms with E-state index < -0.39 is 0 Å². The lowest BCUT2D eigenvalue weighted by atomic mass is 9.51. The van der Waals surface area contributed by atoms with Gasteiger partial charge in [0.05, 0.1) is 0 Å². The average Bonchev–Trinajstić information content (AvgIpc) is 2.34. The van der Waals surface area contributed by atoms with Gasteiger partial charge in [-0.15, -0.1) is 0 Å². The van der Waals surface area contributed by atoms with Crippen molar-refractivity contribution in [3.8, 4) is 0 Å². The Morgan fingerprint density at radius 1 is 1.11 bits per heavy atom. The summed E-state index contributed by atoms with van der Waals surface area (Å²) in [5.74, 6) is 4.06. The van der Waals surface area contributed by atoms with Gasteiger partial charge in [0.1, 0.15) is 0 Å². The Morgan fingerprint density at radius 2 is 1.63 bits per heavy atom. The highest BCUT2D eigenvalue weighted by Crippen LogP contribution is 2.56. The largest absolute Gasteiger partial charge is 0.339 e. The Hall–Kier alpha value is -0.790. The molecule has 0 radical (unpaired) electrons. The molecule has 0 saturated heterocycles. The summed E-state index contributed by atoms with van der Waals surface area (Å²) in [5.41, 5.74) is 1.10. The number of carbonyl (C=O) groups is 1. The number of rotatable bonds is 4. The van der Waals surface area contributed by atoms with Crippen LogP contribution in [0.15, 0.2) is 12.2 Å². The molecule has 4 fully saturated rings. The zero-order valence-corrected chi connectivity index (χ0v) is 12.4. The summed E-state index contributed by atoms with van der Waals surface area (Å²) < 4.78 is 0. The van der Waals surface area contributed by atoms with Crippen LogP contribution in [0, 0.1) is 29.6 Å². The van der Waals surface area contributed by atoms with Gasteiger partial charge in [-0.3, -0.25) is 4.79 Å². The molecule has 0 aromatic heterocycles. The predicted molar refractivity (Wildman–Crippen MR) is 77.6 cm³/mol. The fourth-order valence-electron chi connectivity index (χ4n) is 5.21. The molecule has 106 valence electrons. The van der Waals surface area contributed by atoms with Gasteiger partial charge >= 0.3 is 0 Å². The third kappa shape index (κ3) is 2.34. The molecule has 1 amide bonds. The van der Waals surface area contributed by atoms with Crippen molar-refractivity contribution in [3.63, 3.8) is 0 Å². The van der Waals surface area contributed by atoms with Crippen LogP contribution in [0.25, 0.3) is 0 Å². The summed E-state index contributed by atoms with van der Waals surface area (Å²) >= 11 is 0. The number of likely N-dealkylation sites (N-methyl/N-ethyl adjacent to an activating group) is 1. The molecular formula is C17H27NO. The Bertz CT molecular complexity index is 359. The molecule has 0 aromatic carbocycles. The second kappa shape index (κ2) is 4.96. The van der Waals surface area contributed by atoms with Gasteiger partial charge in [0, 0.05) is 19.0 Å². The molecule has 19 heavy (non-hydrogen) atoms. The van der Waals surface area contributed by atoms with Gasteiger partial charge in [0.15, 0.2) is 0 Å². The van der Waals surface area contributed by atoms with E-state index in [1.807, 2.05) is 11.8 Å². The summed E-state index contributed by atoms with van der Waals surface area (Å²) in [6.45, 7) is 9.66. The molecule has 0 atom stereocenters. The van der Waals surface area contributed by atoms with Crippen LogP contribution in [0.4, 0.5) is 0 Å². The van der Waals surface area contributed by atoms with Crippen LogP contribution in [0.1, 0.15) is 46.0 Å². The lowest BCUT2D eigenvalue weighted by Gasteiger charge is -2.54. The van der Waals surface area contributed by atoms with Gasteiger partial charge < -0.3 is 4.90 Å². The molecule has 0 heterocycles. The maximum Gasteiger partial charge on any atom is 0.226 e. The lowest BCUT2D eigenvalue weighted by molar-refractivity contribution is -0.148. The Balaban J connectivity index is 1.74. The fourth-order valence-corrected chi connectivity index (χ4v) is 5.21. The summed E-state index contributed by atoms with van der Waals surface area (Å²) in [6, 6.07) is 0. The molecule has 0 N–H and O–H groups in total. The number of carbonyl (C=O) groups excluding carboxylic acids is 1. The van der Waals surface area contributed by atoms with Crippen molar-refractivity contribution in [1.82, 2.24) is 4.90 Å². The van der Waals surface area contributed by atoms with Crippen LogP contribution in [0.3, 0.4) is 0 Å². The van der Waals surface area contributed by atoms with Gasteiger partial charge in [0.25, 0.3) is 0 Å². The molecule has 4 aliphatic rings. The second-order valence-corrected chi connectivity index (χ2v) is 7.27. The molecule has 4 bridgehead atoms. The first kappa shape index (κ1) is 13.2. The third-order valence-electron chi connectivity index (χ3n) is 5.67. The standard InChI is InChI=1S/C17H27NO/c1-4-18(10-11(2)3)17(19)16-14-6-12-5-13(8-14)9-15(16)7-12/h12-16H,2,4-10H2,1,3H3. The minimum atomic E-state index is 0.340. The van der Waals surface area contributed by atoms with Crippen molar-refractivity contribution < 1.29 is 4.79 Å². The first-order valence-electron chi connectivity index (χ1n) is 8.01. The Morgan fingerprint density at radius 3 is 2.05 bits per heavy atom. The molecule has 4 aliphatic carbocycles. The molecule has 0 unspecified atom stereocenters. The Labute approximate surface area is 117 Å². The molecule has 2 heteroatoms. The highest BCUT2D eigenvalue weighted by Gasteiger charge is 2.51. The second-order valence-electron chi connectivity index (χ2n) is 7.27. The van der Waals surface area contributed by atoms with Gasteiger partial charge in [0.2, 0.25) is 5.91 Å². The van der Waals surface area contributed by atoms with Crippen LogP contribution in [-0.4, -0.2) is 23.9 Å². The summed E-state index contributed by atoms with van der Waals surface area (Å²) in [6.07, 6.45) is 6.77. The van der Waals surface area contributed by atoms with Crippen molar-refractivity contribution in [2.75, 3.05) is 13.1 Å². The summed E-state index contributed by atoms with van der Waals surface area (Å²) in [4.78, 5) is 14.9. The molecule has 4 rings (SSSR count). The van der Waals surface area contributed by atoms with E-state index in [9.17, 15) is 4.79 Å². The maximum atomic E-state index is 12.9. The zero-order valence-electron chi connectivity index (χ0n) is 12.4. The predicted octanol–water partition coefficient (Wildman–Crippen LogP) is 3.48. The lowest BCUT2D eigenvalue weighted by Crippen LogP contribution is -2.52. The van der Waals surface area contributed by atoms with Gasteiger partial charge in [-0.25, -0.2) is 0 Å². The van der Waals surface area contributed by atoms with Gasteiger partial charge in [-0.05, 0) is 69.6 Å². The minimum absolute atomic E-state index is 0.340. The van der Waals surface area contributed by atoms with Crippen LogP contribution in [0.2, 0.25) is 0 Å². The zero-order chi connectivity index (χ0) is 13.6. The number of amides is 1. The van der Waals surface area contributed by atoms with Crippen molar-refractivity contribution in [1.29, 1.82) is 0 Å². The average molecular weight is 261 g/mol. The van der Waals surface area contributed by atoms with Gasteiger partial charge in [-0.2, -0.15) is 0 Å². The first-order valence-corrected chi connectivity index (χ1v) is 8.01. The van der Waals surface area contributed by atoms with Crippen molar-refractivity contribution in [3.05, 3.63) is 12.2 Å². The van der Waals surface area contributed by atoms with Gasteiger partial charge in [-0.1, -0.05) is 12.2 Å². The van der Waals surface area contributed by atoms with Crippen molar-refractivity contribution >= 4 is 5.91 Å². The van der Waals surface area contributed by atoms with E-state index in [1.165, 1.54) is 32.1 Å². The van der Waals surface area contributed by atoms with E-state index in [4.69, 9.17) is 0 Å². The summed E-state index contributed by atoms with van der Waals surface area (Å²) in [7, 11) is 0. The number of nitrogens with zero attached hydrogens (tertiary/aromatic N) is 1. The number of hydrogen-bond acceptors (Lipinski definition) is 1. The smallest absolute Gasteiger partial charge is 0.226 e. The van der Waals surface area contributed by atoms with E-state index in [-0.39, 0.29) is 0 Å². The molecule has 4 saturated carbocycles. The first-order chi connectivity index (χ1) is 9.08. The fraction of sp³-hybridized carbons (Fsp3) is 0.824. The van der Waals surface area contributed by atoms with Crippen LogP contribution < -0.4 is 0 Å². The highest BCUT2D eigenvalue weighted by molar-refractivity contribution is 5.80. The van der Waals surface area contributed by atoms with E-state index in [2.05, 4.69) is 13.5 Å². The molecule has 2 nitrogen and oxygen atoms in total. The van der Waals surface area contributed by atoms with E-state index in [0.717, 1.165) is 30.5 Å². The minimum Gasteiger partial charge on any atom is -0.339 e. The van der Waals surface area contributed by atoms with E-state index in [0.29, 0.717) is 23.7 Å². The highest BCUT2D eigenvalue weighted by atomic mass is 16.2. The van der Waals surface area contributed by atoms with Crippen LogP contribution in [-0.2, 0) is 4.79 Å². The number of hydrogen-bond donors (Lipinski definition) is 0. The summed E-state index contributed by atoms with van der Waals surface area (Å²) in [5, 5.41) is 0. The quantitative estimate of drug-likeness (QED) is 0.709. The third-order valence-corrected chi connectivity index (χ3v) is 5.67. The van der Waals surface area contributed by atoms with E-state index >= 15 is 0 Å². The topological polar surface area (TPSA) is 20.3 Å². The molecular weight excluding hydrogens is 234 g/mol. The van der Waals surface area contributed by atoms with Crippen LogP contribution in [0.5, 0.6) is 0 Å².